The molecule has 2 atom stereocenters. The molecule has 0 saturated heterocycles. The van der Waals surface area contributed by atoms with Crippen LogP contribution >= 0.6 is 0 Å². The van der Waals surface area contributed by atoms with Gasteiger partial charge in [-0.15, -0.1) is 0 Å². The Morgan fingerprint density at radius 1 is 0.885 bits per heavy atom. The van der Waals surface area contributed by atoms with Gasteiger partial charge in [-0.1, -0.05) is 18.2 Å². The first kappa shape index (κ1) is 17.8. The van der Waals surface area contributed by atoms with E-state index in [1.807, 2.05) is 0 Å². The summed E-state index contributed by atoms with van der Waals surface area (Å²) in [5.41, 5.74) is 11.5. The number of nitrogens with two attached hydrogens (primary N) is 2. The van der Waals surface area contributed by atoms with Crippen molar-refractivity contribution in [3.8, 4) is 0 Å². The fraction of sp³-hybridized carbons (Fsp3) is 0.100. The van der Waals surface area contributed by atoms with E-state index in [1.54, 1.807) is 0 Å². The van der Waals surface area contributed by atoms with Crippen LogP contribution in [0.15, 0.2) is 72.3 Å². The zero-order valence-corrected chi connectivity index (χ0v) is 13.7. The van der Waals surface area contributed by atoms with Crippen LogP contribution in [0.1, 0.15) is 20.7 Å². The summed E-state index contributed by atoms with van der Waals surface area (Å²) in [4.78, 5) is 25.2. The zero-order valence-electron chi connectivity index (χ0n) is 13.7. The molecule has 0 amide bonds. The maximum Gasteiger partial charge on any atom is 0.192 e. The van der Waals surface area contributed by atoms with Gasteiger partial charge >= 0.3 is 0 Å². The van der Waals surface area contributed by atoms with Crippen molar-refractivity contribution in [2.75, 3.05) is 0 Å². The molecule has 1 aliphatic carbocycles. The molecule has 2 aromatic rings. The van der Waals surface area contributed by atoms with Gasteiger partial charge in [0, 0.05) is 16.7 Å². The molecule has 0 radical (unpaired) electrons. The lowest BCUT2D eigenvalue weighted by Crippen LogP contribution is -2.59. The molecule has 2 unspecified atom stereocenters. The Balaban J connectivity index is 1.85. The van der Waals surface area contributed by atoms with Gasteiger partial charge in [0.05, 0.1) is 6.04 Å². The third-order valence-electron chi connectivity index (χ3n) is 4.32. The van der Waals surface area contributed by atoms with E-state index in [4.69, 9.17) is 11.5 Å². The highest BCUT2D eigenvalue weighted by Crippen LogP contribution is 2.24. The van der Waals surface area contributed by atoms with E-state index in [-0.39, 0.29) is 16.9 Å². The van der Waals surface area contributed by atoms with Crippen LogP contribution in [0.5, 0.6) is 0 Å². The van der Waals surface area contributed by atoms with Crippen molar-refractivity contribution >= 4 is 11.6 Å². The van der Waals surface area contributed by atoms with Crippen molar-refractivity contribution in [2.24, 2.45) is 11.5 Å². The third-order valence-corrected chi connectivity index (χ3v) is 4.32. The average molecular weight is 354 g/mol. The highest BCUT2D eigenvalue weighted by molar-refractivity contribution is 6.12. The van der Waals surface area contributed by atoms with Gasteiger partial charge in [0.1, 0.15) is 17.2 Å². The normalized spacial score (nSPS) is 22.0. The van der Waals surface area contributed by atoms with Gasteiger partial charge in [0.25, 0.3) is 0 Å². The van der Waals surface area contributed by atoms with Crippen molar-refractivity contribution in [1.82, 2.24) is 0 Å². The SMILES string of the molecule is NC1C=C(C(=O)c2ccc(F)cc2)C=CC1(N)C(=O)c1ccc(F)cc1. The average Bonchev–Trinajstić information content (AvgIpc) is 2.64. The molecule has 1 aliphatic rings. The number of carbonyl (C=O) groups excluding carboxylic acids is 2. The van der Waals surface area contributed by atoms with Crippen LogP contribution in [0.25, 0.3) is 0 Å². The Bertz CT molecular complexity index is 918. The molecule has 0 bridgehead atoms. The van der Waals surface area contributed by atoms with E-state index in [0.717, 1.165) is 12.1 Å². The number of allylic oxidation sites excluding steroid dienone is 2. The van der Waals surface area contributed by atoms with Gasteiger partial charge in [-0.05, 0) is 48.5 Å². The predicted octanol–water partition coefficient (Wildman–Crippen LogP) is 2.55. The second-order valence-electron chi connectivity index (χ2n) is 6.09. The quantitative estimate of drug-likeness (QED) is 0.826. The topological polar surface area (TPSA) is 86.2 Å². The summed E-state index contributed by atoms with van der Waals surface area (Å²) in [7, 11) is 0. The summed E-state index contributed by atoms with van der Waals surface area (Å²) in [5.74, 6) is -1.75. The van der Waals surface area contributed by atoms with Gasteiger partial charge in [0.2, 0.25) is 0 Å². The van der Waals surface area contributed by atoms with Crippen LogP contribution in [0.2, 0.25) is 0 Å². The molecule has 2 aromatic carbocycles. The maximum atomic E-state index is 13.0. The monoisotopic (exact) mass is 354 g/mol. The standard InChI is InChI=1S/C20H16F2N2O2/c21-15-5-1-12(2-6-15)18(25)14-9-10-20(24,17(23)11-14)19(26)13-3-7-16(22)8-4-13/h1-11,17H,23-24H2. The first-order chi connectivity index (χ1) is 12.3. The second-order valence-corrected chi connectivity index (χ2v) is 6.09. The van der Waals surface area contributed by atoms with Crippen molar-refractivity contribution in [3.05, 3.63) is 95.1 Å². The summed E-state index contributed by atoms with van der Waals surface area (Å²) in [6.45, 7) is 0. The first-order valence-corrected chi connectivity index (χ1v) is 7.87. The summed E-state index contributed by atoms with van der Waals surface area (Å²) in [5, 5.41) is 0. The van der Waals surface area contributed by atoms with Gasteiger partial charge in [-0.2, -0.15) is 0 Å². The van der Waals surface area contributed by atoms with Gasteiger partial charge in [0.15, 0.2) is 11.6 Å². The van der Waals surface area contributed by atoms with Crippen LogP contribution < -0.4 is 11.5 Å². The number of hydrogen-bond acceptors (Lipinski definition) is 4. The second kappa shape index (κ2) is 6.74. The molecule has 0 saturated carbocycles. The Morgan fingerprint density at radius 3 is 1.88 bits per heavy atom. The van der Waals surface area contributed by atoms with E-state index >= 15 is 0 Å². The van der Waals surface area contributed by atoms with Crippen LogP contribution in [-0.4, -0.2) is 23.1 Å². The minimum Gasteiger partial charge on any atom is -0.322 e. The highest BCUT2D eigenvalue weighted by atomic mass is 19.1. The van der Waals surface area contributed by atoms with Gasteiger partial charge in [-0.3, -0.25) is 9.59 Å². The molecule has 0 fully saturated rings. The van der Waals surface area contributed by atoms with Crippen LogP contribution in [-0.2, 0) is 0 Å². The van der Waals surface area contributed by atoms with E-state index in [0.29, 0.717) is 5.56 Å². The number of carbonyl (C=O) groups is 2. The lowest BCUT2D eigenvalue weighted by atomic mass is 9.78. The zero-order chi connectivity index (χ0) is 18.9. The lowest BCUT2D eigenvalue weighted by Gasteiger charge is -2.32. The molecular formula is C20H16F2N2O2. The number of hydrogen-bond donors (Lipinski definition) is 2. The molecule has 0 aliphatic heterocycles. The lowest BCUT2D eigenvalue weighted by molar-refractivity contribution is 0.0908. The molecule has 6 heteroatoms. The predicted molar refractivity (Wildman–Crippen MR) is 93.6 cm³/mol. The summed E-state index contributed by atoms with van der Waals surface area (Å²) < 4.78 is 26.0. The number of benzene rings is 2. The largest absolute Gasteiger partial charge is 0.322 e. The molecule has 4 nitrogen and oxygen atoms in total. The molecule has 4 N–H and O–H groups in total. The van der Waals surface area contributed by atoms with Crippen LogP contribution in [0.4, 0.5) is 8.78 Å². The number of ketones is 2. The molecule has 132 valence electrons. The molecule has 0 aromatic heterocycles. The van der Waals surface area contributed by atoms with Crippen molar-refractivity contribution in [2.45, 2.75) is 11.6 Å². The van der Waals surface area contributed by atoms with Crippen molar-refractivity contribution < 1.29 is 18.4 Å². The van der Waals surface area contributed by atoms with Gasteiger partial charge < -0.3 is 11.5 Å². The van der Waals surface area contributed by atoms with Crippen molar-refractivity contribution in [3.63, 3.8) is 0 Å². The maximum absolute atomic E-state index is 13.0. The third kappa shape index (κ3) is 3.24. The summed E-state index contributed by atoms with van der Waals surface area (Å²) >= 11 is 0. The minimum atomic E-state index is -1.55. The summed E-state index contributed by atoms with van der Waals surface area (Å²) in [6, 6.07) is 9.13. The molecule has 26 heavy (non-hydrogen) atoms. The minimum absolute atomic E-state index is 0.218. The smallest absolute Gasteiger partial charge is 0.192 e. The fourth-order valence-electron chi connectivity index (χ4n) is 2.72. The summed E-state index contributed by atoms with van der Waals surface area (Å²) in [6.07, 6.45) is 4.21. The Labute approximate surface area is 148 Å². The molecule has 0 heterocycles. The number of Topliss-reactive ketones (excluding diaryl/α,β-unsaturated/α-hetero) is 2. The van der Waals surface area contributed by atoms with E-state index < -0.39 is 29.0 Å². The first-order valence-electron chi connectivity index (χ1n) is 7.87. The molecule has 0 spiro atoms. The Kier molecular flexibility index (Phi) is 4.63. The van der Waals surface area contributed by atoms with E-state index in [9.17, 15) is 18.4 Å². The molecule has 3 rings (SSSR count). The van der Waals surface area contributed by atoms with Crippen LogP contribution in [0, 0.1) is 11.6 Å². The van der Waals surface area contributed by atoms with Gasteiger partial charge in [-0.25, -0.2) is 8.78 Å². The van der Waals surface area contributed by atoms with E-state index in [1.165, 1.54) is 54.6 Å². The number of halogens is 2. The van der Waals surface area contributed by atoms with E-state index in [2.05, 4.69) is 0 Å². The highest BCUT2D eigenvalue weighted by Gasteiger charge is 2.39. The molecular weight excluding hydrogens is 338 g/mol. The fourth-order valence-corrected chi connectivity index (χ4v) is 2.72. The Morgan fingerprint density at radius 2 is 1.38 bits per heavy atom. The Hall–Kier alpha value is -2.96. The van der Waals surface area contributed by atoms with Crippen LogP contribution in [0.3, 0.4) is 0 Å². The van der Waals surface area contributed by atoms with Crippen molar-refractivity contribution in [1.29, 1.82) is 0 Å². The number of rotatable bonds is 4.